The normalized spacial score (nSPS) is 20.7. The largest absolute Gasteiger partial charge is 0.319 e. The Morgan fingerprint density at radius 3 is 3.12 bits per heavy atom. The molecule has 1 aliphatic heterocycles. The molecule has 0 aliphatic carbocycles. The van der Waals surface area contributed by atoms with Crippen LogP contribution in [0.5, 0.6) is 0 Å². The highest BCUT2D eigenvalue weighted by Crippen LogP contribution is 2.17. The molecular weight excluding hydrogens is 222 g/mol. The third kappa shape index (κ3) is 3.74. The van der Waals surface area contributed by atoms with Gasteiger partial charge in [-0.1, -0.05) is 6.07 Å². The van der Waals surface area contributed by atoms with Gasteiger partial charge < -0.3 is 5.32 Å². The van der Waals surface area contributed by atoms with Gasteiger partial charge in [-0.2, -0.15) is 0 Å². The lowest BCUT2D eigenvalue weighted by atomic mass is 10.1. The first kappa shape index (κ1) is 13.4. The van der Waals surface area contributed by atoms with E-state index >= 15 is 0 Å². The molecule has 1 unspecified atom stereocenters. The fraction of sp³-hybridized carbons (Fsp3) is 0.583. The van der Waals surface area contributed by atoms with Gasteiger partial charge >= 0.3 is 0 Å². The molecule has 2 rings (SSSR count). The number of aromatic nitrogens is 1. The molecule has 0 spiro atoms. The third-order valence-electron chi connectivity index (χ3n) is 2.99. The molecule has 4 heteroatoms. The summed E-state index contributed by atoms with van der Waals surface area (Å²) in [5, 5.41) is 3.26. The highest BCUT2D eigenvalue weighted by atomic mass is 35.5. The van der Waals surface area contributed by atoms with Crippen LogP contribution >= 0.6 is 12.4 Å². The zero-order chi connectivity index (χ0) is 10.5. The van der Waals surface area contributed by atoms with Gasteiger partial charge in [0, 0.05) is 25.5 Å². The molecule has 1 aliphatic rings. The molecule has 1 atom stereocenters. The molecule has 0 amide bonds. The van der Waals surface area contributed by atoms with Gasteiger partial charge in [0.05, 0.1) is 0 Å². The van der Waals surface area contributed by atoms with E-state index < -0.39 is 0 Å². The van der Waals surface area contributed by atoms with Crippen molar-refractivity contribution in [3.05, 3.63) is 30.1 Å². The van der Waals surface area contributed by atoms with Crippen molar-refractivity contribution >= 4 is 12.4 Å². The molecule has 1 saturated heterocycles. The van der Waals surface area contributed by atoms with E-state index in [1.54, 1.807) is 0 Å². The van der Waals surface area contributed by atoms with Crippen molar-refractivity contribution in [2.45, 2.75) is 13.0 Å². The quantitative estimate of drug-likeness (QED) is 0.867. The molecule has 16 heavy (non-hydrogen) atoms. The predicted molar refractivity (Wildman–Crippen MR) is 68.8 cm³/mol. The molecule has 0 saturated carbocycles. The topological polar surface area (TPSA) is 28.2 Å². The fourth-order valence-electron chi connectivity index (χ4n) is 2.26. The van der Waals surface area contributed by atoms with E-state index in [0.29, 0.717) is 0 Å². The summed E-state index contributed by atoms with van der Waals surface area (Å²) in [7, 11) is 2.03. The lowest BCUT2D eigenvalue weighted by molar-refractivity contribution is 0.315. The third-order valence-corrected chi connectivity index (χ3v) is 2.99. The van der Waals surface area contributed by atoms with Crippen molar-refractivity contribution < 1.29 is 0 Å². The molecule has 1 fully saturated rings. The fourth-order valence-corrected chi connectivity index (χ4v) is 2.26. The Kier molecular flexibility index (Phi) is 5.74. The highest BCUT2D eigenvalue weighted by molar-refractivity contribution is 5.85. The Morgan fingerprint density at radius 2 is 2.44 bits per heavy atom. The monoisotopic (exact) mass is 241 g/mol. The Labute approximate surface area is 104 Å². The summed E-state index contributed by atoms with van der Waals surface area (Å²) in [5.41, 5.74) is 1.32. The second kappa shape index (κ2) is 6.84. The van der Waals surface area contributed by atoms with E-state index in [2.05, 4.69) is 21.3 Å². The van der Waals surface area contributed by atoms with E-state index in [9.17, 15) is 0 Å². The molecule has 1 aromatic rings. The Balaban J connectivity index is 0.00000128. The number of hydrogen-bond donors (Lipinski definition) is 1. The SMILES string of the molecule is CNCC1CCN(Cc2cccnc2)C1.Cl. The van der Waals surface area contributed by atoms with Crippen LogP contribution in [0.15, 0.2) is 24.5 Å². The van der Waals surface area contributed by atoms with Crippen molar-refractivity contribution in [3.8, 4) is 0 Å². The number of nitrogens with one attached hydrogen (secondary N) is 1. The van der Waals surface area contributed by atoms with Crippen LogP contribution in [0.3, 0.4) is 0 Å². The molecule has 0 aromatic carbocycles. The lowest BCUT2D eigenvalue weighted by Gasteiger charge is -2.15. The van der Waals surface area contributed by atoms with Crippen LogP contribution in [0.1, 0.15) is 12.0 Å². The Hall–Kier alpha value is -0.640. The van der Waals surface area contributed by atoms with Crippen molar-refractivity contribution in [2.75, 3.05) is 26.7 Å². The zero-order valence-corrected chi connectivity index (χ0v) is 10.5. The predicted octanol–water partition coefficient (Wildman–Crippen LogP) is 1.54. The van der Waals surface area contributed by atoms with Crippen LogP contribution in [0.25, 0.3) is 0 Å². The summed E-state index contributed by atoms with van der Waals surface area (Å²) in [6.07, 6.45) is 5.11. The van der Waals surface area contributed by atoms with E-state index in [0.717, 1.165) is 19.0 Å². The summed E-state index contributed by atoms with van der Waals surface area (Å²) in [5.74, 6) is 0.826. The number of likely N-dealkylation sites (tertiary alicyclic amines) is 1. The van der Waals surface area contributed by atoms with Gasteiger partial charge in [-0.15, -0.1) is 12.4 Å². The summed E-state index contributed by atoms with van der Waals surface area (Å²) in [6, 6.07) is 4.16. The van der Waals surface area contributed by atoms with Crippen LogP contribution in [-0.4, -0.2) is 36.6 Å². The van der Waals surface area contributed by atoms with Gasteiger partial charge in [0.1, 0.15) is 0 Å². The maximum absolute atomic E-state index is 4.14. The first-order valence-corrected chi connectivity index (χ1v) is 5.64. The standard InChI is InChI=1S/C12H19N3.ClH/c1-13-7-12-4-6-15(10-12)9-11-3-2-5-14-8-11;/h2-3,5,8,12-13H,4,6-7,9-10H2,1H3;1H. The molecule has 3 nitrogen and oxygen atoms in total. The van der Waals surface area contributed by atoms with Gasteiger partial charge in [-0.3, -0.25) is 9.88 Å². The van der Waals surface area contributed by atoms with Crippen LogP contribution < -0.4 is 5.32 Å². The van der Waals surface area contributed by atoms with Crippen LogP contribution in [0.4, 0.5) is 0 Å². The van der Waals surface area contributed by atoms with Crippen molar-refractivity contribution in [2.24, 2.45) is 5.92 Å². The zero-order valence-electron chi connectivity index (χ0n) is 9.72. The summed E-state index contributed by atoms with van der Waals surface area (Å²) in [6.45, 7) is 4.63. The average Bonchev–Trinajstić information content (AvgIpc) is 2.68. The maximum Gasteiger partial charge on any atom is 0.0312 e. The molecule has 90 valence electrons. The second-order valence-electron chi connectivity index (χ2n) is 4.31. The molecule has 0 bridgehead atoms. The molecule has 0 radical (unpaired) electrons. The molecule has 1 N–H and O–H groups in total. The van der Waals surface area contributed by atoms with Gasteiger partial charge in [0.15, 0.2) is 0 Å². The van der Waals surface area contributed by atoms with E-state index in [4.69, 9.17) is 0 Å². The maximum atomic E-state index is 4.14. The Bertz CT molecular complexity index is 292. The molecule has 2 heterocycles. The van der Waals surface area contributed by atoms with Crippen LogP contribution in [0, 0.1) is 5.92 Å². The van der Waals surface area contributed by atoms with E-state index in [-0.39, 0.29) is 12.4 Å². The number of pyridine rings is 1. The van der Waals surface area contributed by atoms with E-state index in [1.165, 1.54) is 25.1 Å². The van der Waals surface area contributed by atoms with Crippen molar-refractivity contribution in [3.63, 3.8) is 0 Å². The minimum atomic E-state index is 0. The minimum absolute atomic E-state index is 0. The summed E-state index contributed by atoms with van der Waals surface area (Å²) >= 11 is 0. The second-order valence-corrected chi connectivity index (χ2v) is 4.31. The molecule has 1 aromatic heterocycles. The van der Waals surface area contributed by atoms with Gasteiger partial charge in [0.2, 0.25) is 0 Å². The minimum Gasteiger partial charge on any atom is -0.319 e. The first-order chi connectivity index (χ1) is 7.38. The summed E-state index contributed by atoms with van der Waals surface area (Å²) in [4.78, 5) is 6.66. The average molecular weight is 242 g/mol. The first-order valence-electron chi connectivity index (χ1n) is 5.64. The van der Waals surface area contributed by atoms with E-state index in [1.807, 2.05) is 25.5 Å². The van der Waals surface area contributed by atoms with Crippen molar-refractivity contribution in [1.29, 1.82) is 0 Å². The lowest BCUT2D eigenvalue weighted by Crippen LogP contribution is -2.24. The number of nitrogens with zero attached hydrogens (tertiary/aromatic N) is 2. The van der Waals surface area contributed by atoms with Gasteiger partial charge in [-0.25, -0.2) is 0 Å². The number of hydrogen-bond acceptors (Lipinski definition) is 3. The van der Waals surface area contributed by atoms with Crippen LogP contribution in [0.2, 0.25) is 0 Å². The Morgan fingerprint density at radius 1 is 1.56 bits per heavy atom. The van der Waals surface area contributed by atoms with Gasteiger partial charge in [0.25, 0.3) is 0 Å². The number of halogens is 1. The van der Waals surface area contributed by atoms with Crippen LogP contribution in [-0.2, 0) is 6.54 Å². The number of rotatable bonds is 4. The molecular formula is C12H20ClN3. The highest BCUT2D eigenvalue weighted by Gasteiger charge is 2.21. The van der Waals surface area contributed by atoms with Gasteiger partial charge in [-0.05, 0) is 44.1 Å². The van der Waals surface area contributed by atoms with Crippen molar-refractivity contribution in [1.82, 2.24) is 15.2 Å². The summed E-state index contributed by atoms with van der Waals surface area (Å²) < 4.78 is 0. The smallest absolute Gasteiger partial charge is 0.0312 e.